The van der Waals surface area contributed by atoms with Gasteiger partial charge in [0.15, 0.2) is 6.19 Å². The van der Waals surface area contributed by atoms with Gasteiger partial charge in [-0.25, -0.2) is 0 Å². The van der Waals surface area contributed by atoms with Crippen molar-refractivity contribution in [3.63, 3.8) is 0 Å². The Morgan fingerprint density at radius 2 is 2.18 bits per heavy atom. The van der Waals surface area contributed by atoms with Crippen LogP contribution in [0.4, 0.5) is 0 Å². The van der Waals surface area contributed by atoms with Gasteiger partial charge in [0.2, 0.25) is 0 Å². The molecule has 0 heterocycles. The molecule has 0 radical (unpaired) electrons. The third-order valence-corrected chi connectivity index (χ3v) is 1.63. The first-order chi connectivity index (χ1) is 5.12. The largest absolute Gasteiger partial charge is 0.385 e. The number of nitrogens with one attached hydrogen (secondary N) is 1. The number of nitrogens with zero attached hydrogens (tertiary/aromatic N) is 1. The molecule has 0 aromatic heterocycles. The molecule has 0 unspecified atom stereocenters. The molecule has 3 nitrogen and oxygen atoms in total. The van der Waals surface area contributed by atoms with Crippen molar-refractivity contribution in [1.29, 1.82) is 5.26 Å². The number of hydrogen-bond donors (Lipinski definition) is 1. The molecule has 0 bridgehead atoms. The minimum absolute atomic E-state index is 0.145. The summed E-state index contributed by atoms with van der Waals surface area (Å²) in [6.45, 7) is 5.68. The number of hydrogen-bond acceptors (Lipinski definition) is 3. The van der Waals surface area contributed by atoms with Crippen molar-refractivity contribution in [2.45, 2.75) is 20.3 Å². The molecular formula is C8H16N2O. The first-order valence-corrected chi connectivity index (χ1v) is 3.73. The molecule has 0 fully saturated rings. The van der Waals surface area contributed by atoms with Gasteiger partial charge in [0, 0.05) is 20.3 Å². The van der Waals surface area contributed by atoms with Crippen molar-refractivity contribution < 1.29 is 4.74 Å². The van der Waals surface area contributed by atoms with Crippen molar-refractivity contribution in [3.8, 4) is 6.19 Å². The fraction of sp³-hybridized carbons (Fsp3) is 0.875. The van der Waals surface area contributed by atoms with E-state index in [1.165, 1.54) is 0 Å². The minimum Gasteiger partial charge on any atom is -0.385 e. The highest BCUT2D eigenvalue weighted by Crippen LogP contribution is 2.18. The van der Waals surface area contributed by atoms with Crippen molar-refractivity contribution in [1.82, 2.24) is 5.32 Å². The van der Waals surface area contributed by atoms with E-state index in [4.69, 9.17) is 10.00 Å². The zero-order valence-corrected chi connectivity index (χ0v) is 7.48. The highest BCUT2D eigenvalue weighted by atomic mass is 16.5. The van der Waals surface area contributed by atoms with Gasteiger partial charge in [-0.3, -0.25) is 0 Å². The summed E-state index contributed by atoms with van der Waals surface area (Å²) in [6.07, 6.45) is 2.88. The van der Waals surface area contributed by atoms with Crippen LogP contribution in [0.5, 0.6) is 0 Å². The van der Waals surface area contributed by atoms with Crippen molar-refractivity contribution in [2.24, 2.45) is 5.41 Å². The Morgan fingerprint density at radius 3 is 2.64 bits per heavy atom. The van der Waals surface area contributed by atoms with E-state index in [2.05, 4.69) is 19.2 Å². The molecule has 0 saturated heterocycles. The monoisotopic (exact) mass is 156 g/mol. The number of ether oxygens (including phenoxy) is 1. The van der Waals surface area contributed by atoms with Crippen LogP contribution in [0.1, 0.15) is 20.3 Å². The van der Waals surface area contributed by atoms with Crippen LogP contribution in [0.15, 0.2) is 0 Å². The summed E-state index contributed by atoms with van der Waals surface area (Å²) in [4.78, 5) is 0. The molecule has 0 aliphatic carbocycles. The van der Waals surface area contributed by atoms with Crippen LogP contribution in [-0.4, -0.2) is 20.3 Å². The molecule has 1 N–H and O–H groups in total. The normalized spacial score (nSPS) is 10.7. The van der Waals surface area contributed by atoms with Gasteiger partial charge in [0.1, 0.15) is 0 Å². The van der Waals surface area contributed by atoms with Crippen LogP contribution in [0.2, 0.25) is 0 Å². The third-order valence-electron chi connectivity index (χ3n) is 1.63. The fourth-order valence-corrected chi connectivity index (χ4v) is 0.746. The predicted octanol–water partition coefficient (Wildman–Crippen LogP) is 1.12. The van der Waals surface area contributed by atoms with Crippen LogP contribution in [0.3, 0.4) is 0 Å². The van der Waals surface area contributed by atoms with E-state index in [-0.39, 0.29) is 5.41 Å². The van der Waals surface area contributed by atoms with Crippen LogP contribution < -0.4 is 5.32 Å². The van der Waals surface area contributed by atoms with Gasteiger partial charge in [-0.2, -0.15) is 5.26 Å². The van der Waals surface area contributed by atoms with E-state index in [0.29, 0.717) is 6.54 Å². The molecule has 0 saturated carbocycles. The maximum absolute atomic E-state index is 8.26. The summed E-state index contributed by atoms with van der Waals surface area (Å²) < 4.78 is 4.95. The lowest BCUT2D eigenvalue weighted by Gasteiger charge is -2.22. The SMILES string of the molecule is COCCC(C)(C)CNC#N. The average Bonchev–Trinajstić information content (AvgIpc) is 1.97. The van der Waals surface area contributed by atoms with E-state index in [1.807, 2.05) is 6.19 Å². The van der Waals surface area contributed by atoms with Crippen LogP contribution in [-0.2, 0) is 4.74 Å². The van der Waals surface area contributed by atoms with E-state index in [9.17, 15) is 0 Å². The van der Waals surface area contributed by atoms with Crippen molar-refractivity contribution >= 4 is 0 Å². The predicted molar refractivity (Wildman–Crippen MR) is 43.9 cm³/mol. The summed E-state index contributed by atoms with van der Waals surface area (Å²) in [7, 11) is 1.69. The summed E-state index contributed by atoms with van der Waals surface area (Å²) in [5.74, 6) is 0. The van der Waals surface area contributed by atoms with E-state index >= 15 is 0 Å². The lowest BCUT2D eigenvalue weighted by molar-refractivity contribution is 0.153. The molecule has 0 aliphatic rings. The molecule has 0 aliphatic heterocycles. The van der Waals surface area contributed by atoms with Gasteiger partial charge >= 0.3 is 0 Å². The Kier molecular flexibility index (Phi) is 4.64. The molecule has 0 rings (SSSR count). The second-order valence-electron chi connectivity index (χ2n) is 3.37. The highest BCUT2D eigenvalue weighted by Gasteiger charge is 2.16. The second-order valence-corrected chi connectivity index (χ2v) is 3.37. The highest BCUT2D eigenvalue weighted by molar-refractivity contribution is 4.76. The van der Waals surface area contributed by atoms with Crippen LogP contribution >= 0.6 is 0 Å². The maximum atomic E-state index is 8.26. The molecule has 0 amide bonds. The van der Waals surface area contributed by atoms with Gasteiger partial charge in [-0.1, -0.05) is 13.8 Å². The Labute approximate surface area is 68.3 Å². The lowest BCUT2D eigenvalue weighted by Crippen LogP contribution is -2.27. The summed E-state index contributed by atoms with van der Waals surface area (Å²) >= 11 is 0. The smallest absolute Gasteiger partial charge is 0.176 e. The number of nitriles is 1. The van der Waals surface area contributed by atoms with E-state index < -0.39 is 0 Å². The standard InChI is InChI=1S/C8H16N2O/c1-8(2,4-5-11-3)6-10-7-9/h10H,4-6H2,1-3H3. The van der Waals surface area contributed by atoms with Gasteiger partial charge in [-0.15, -0.1) is 0 Å². The first-order valence-electron chi connectivity index (χ1n) is 3.73. The van der Waals surface area contributed by atoms with Crippen LogP contribution in [0, 0.1) is 16.9 Å². The van der Waals surface area contributed by atoms with E-state index in [0.717, 1.165) is 13.0 Å². The Hall–Kier alpha value is -0.750. The van der Waals surface area contributed by atoms with Gasteiger partial charge in [0.25, 0.3) is 0 Å². The Bertz CT molecular complexity index is 138. The van der Waals surface area contributed by atoms with Crippen molar-refractivity contribution in [3.05, 3.63) is 0 Å². The quantitative estimate of drug-likeness (QED) is 0.479. The fourth-order valence-electron chi connectivity index (χ4n) is 0.746. The maximum Gasteiger partial charge on any atom is 0.176 e. The molecular weight excluding hydrogens is 140 g/mol. The molecule has 3 heteroatoms. The second kappa shape index (κ2) is 4.97. The zero-order valence-electron chi connectivity index (χ0n) is 7.48. The topological polar surface area (TPSA) is 45.0 Å². The average molecular weight is 156 g/mol. The molecule has 0 aromatic carbocycles. The lowest BCUT2D eigenvalue weighted by atomic mass is 9.90. The summed E-state index contributed by atoms with van der Waals surface area (Å²) in [5.41, 5.74) is 0.145. The molecule has 0 atom stereocenters. The van der Waals surface area contributed by atoms with Crippen LogP contribution in [0.25, 0.3) is 0 Å². The summed E-state index contributed by atoms with van der Waals surface area (Å²) in [6, 6.07) is 0. The minimum atomic E-state index is 0.145. The number of methoxy groups -OCH3 is 1. The molecule has 0 aromatic rings. The van der Waals surface area contributed by atoms with Gasteiger partial charge in [0.05, 0.1) is 0 Å². The van der Waals surface area contributed by atoms with Crippen molar-refractivity contribution in [2.75, 3.05) is 20.3 Å². The number of rotatable bonds is 5. The third kappa shape index (κ3) is 5.68. The first kappa shape index (κ1) is 10.2. The zero-order chi connectivity index (χ0) is 8.74. The molecule has 0 spiro atoms. The van der Waals surface area contributed by atoms with Gasteiger partial charge in [-0.05, 0) is 11.8 Å². The molecule has 11 heavy (non-hydrogen) atoms. The van der Waals surface area contributed by atoms with E-state index in [1.54, 1.807) is 7.11 Å². The van der Waals surface area contributed by atoms with Gasteiger partial charge < -0.3 is 10.1 Å². The molecule has 64 valence electrons. The Balaban J connectivity index is 3.54. The summed E-state index contributed by atoms with van der Waals surface area (Å²) in [5, 5.41) is 10.9. The Morgan fingerprint density at radius 1 is 1.55 bits per heavy atom.